The summed E-state index contributed by atoms with van der Waals surface area (Å²) in [7, 11) is 1.83. The third kappa shape index (κ3) is 2.09. The number of aryl methyl sites for hydroxylation is 1. The number of hydrogen-bond donors (Lipinski definition) is 2. The Labute approximate surface area is 124 Å². The molecule has 0 saturated carbocycles. The fourth-order valence-electron chi connectivity index (χ4n) is 2.33. The lowest BCUT2D eigenvalue weighted by atomic mass is 10.0. The number of aromatic nitrogens is 4. The van der Waals surface area contributed by atoms with Crippen molar-refractivity contribution in [3.05, 3.63) is 52.4 Å². The molecule has 3 N–H and O–H groups in total. The molecule has 0 amide bonds. The molecule has 1 unspecified atom stereocenters. The minimum Gasteiger partial charge on any atom is -0.271 e. The number of rotatable bonds is 3. The standard InChI is InChI=1S/C13H13BrN6/c1-20-12(13(14)18-19-20)11(17-15)9-6-7-16-10-5-3-2-4-8(9)10/h2-7,11,17H,15H2,1H3. The molecule has 0 aliphatic heterocycles. The Kier molecular flexibility index (Phi) is 3.47. The van der Waals surface area contributed by atoms with Gasteiger partial charge in [0.15, 0.2) is 4.60 Å². The first-order chi connectivity index (χ1) is 9.72. The van der Waals surface area contributed by atoms with Gasteiger partial charge in [-0.25, -0.2) is 10.1 Å². The van der Waals surface area contributed by atoms with Gasteiger partial charge in [0.1, 0.15) is 0 Å². The number of pyridine rings is 1. The summed E-state index contributed by atoms with van der Waals surface area (Å²) in [6.07, 6.45) is 1.78. The molecule has 2 aromatic heterocycles. The van der Waals surface area contributed by atoms with Gasteiger partial charge < -0.3 is 0 Å². The van der Waals surface area contributed by atoms with E-state index in [1.165, 1.54) is 0 Å². The van der Waals surface area contributed by atoms with Crippen LogP contribution in [0, 0.1) is 0 Å². The molecule has 0 saturated heterocycles. The molecule has 20 heavy (non-hydrogen) atoms. The van der Waals surface area contributed by atoms with Crippen LogP contribution >= 0.6 is 15.9 Å². The first-order valence-electron chi connectivity index (χ1n) is 6.07. The maximum atomic E-state index is 5.76. The predicted octanol–water partition coefficient (Wildman–Crippen LogP) is 1.68. The first kappa shape index (κ1) is 13.2. The van der Waals surface area contributed by atoms with E-state index in [0.717, 1.165) is 22.2 Å². The van der Waals surface area contributed by atoms with Crippen LogP contribution in [0.25, 0.3) is 10.9 Å². The lowest BCUT2D eigenvalue weighted by molar-refractivity contribution is 0.571. The van der Waals surface area contributed by atoms with Gasteiger partial charge in [-0.15, -0.1) is 5.10 Å². The summed E-state index contributed by atoms with van der Waals surface area (Å²) in [4.78, 5) is 4.37. The second kappa shape index (κ2) is 5.28. The number of nitrogens with one attached hydrogen (secondary N) is 1. The van der Waals surface area contributed by atoms with Crippen LogP contribution in [0.4, 0.5) is 0 Å². The van der Waals surface area contributed by atoms with Gasteiger partial charge in [0, 0.05) is 18.6 Å². The molecular formula is C13H13BrN6. The lowest BCUT2D eigenvalue weighted by Crippen LogP contribution is -2.30. The molecule has 0 radical (unpaired) electrons. The van der Waals surface area contributed by atoms with Crippen molar-refractivity contribution < 1.29 is 0 Å². The predicted molar refractivity (Wildman–Crippen MR) is 79.6 cm³/mol. The van der Waals surface area contributed by atoms with Gasteiger partial charge in [0.2, 0.25) is 0 Å². The van der Waals surface area contributed by atoms with Gasteiger partial charge in [0.05, 0.1) is 17.3 Å². The summed E-state index contributed by atoms with van der Waals surface area (Å²) in [5, 5.41) is 9.06. The molecule has 0 aliphatic carbocycles. The van der Waals surface area contributed by atoms with Crippen LogP contribution in [-0.4, -0.2) is 20.0 Å². The number of hydrogen-bond acceptors (Lipinski definition) is 5. The molecule has 6 nitrogen and oxygen atoms in total. The zero-order chi connectivity index (χ0) is 14.1. The summed E-state index contributed by atoms with van der Waals surface area (Å²) in [5.41, 5.74) is 5.66. The Morgan fingerprint density at radius 1 is 1.30 bits per heavy atom. The highest BCUT2D eigenvalue weighted by atomic mass is 79.9. The van der Waals surface area contributed by atoms with Crippen molar-refractivity contribution in [2.24, 2.45) is 12.9 Å². The van der Waals surface area contributed by atoms with Gasteiger partial charge in [-0.2, -0.15) is 0 Å². The minimum absolute atomic E-state index is 0.225. The number of para-hydroxylation sites is 1. The Morgan fingerprint density at radius 2 is 2.10 bits per heavy atom. The van der Waals surface area contributed by atoms with Gasteiger partial charge >= 0.3 is 0 Å². The zero-order valence-corrected chi connectivity index (χ0v) is 12.4. The van der Waals surface area contributed by atoms with Crippen LogP contribution in [0.5, 0.6) is 0 Å². The minimum atomic E-state index is -0.225. The maximum absolute atomic E-state index is 5.76. The van der Waals surface area contributed by atoms with Crippen LogP contribution in [-0.2, 0) is 7.05 Å². The normalized spacial score (nSPS) is 12.8. The smallest absolute Gasteiger partial charge is 0.153 e. The second-order valence-corrected chi connectivity index (χ2v) is 5.16. The molecule has 0 aliphatic rings. The molecule has 0 bridgehead atoms. The summed E-state index contributed by atoms with van der Waals surface area (Å²) in [6, 6.07) is 9.68. The highest BCUT2D eigenvalue weighted by Crippen LogP contribution is 2.30. The first-order valence-corrected chi connectivity index (χ1v) is 6.86. The third-order valence-electron chi connectivity index (χ3n) is 3.26. The van der Waals surface area contributed by atoms with E-state index in [0.29, 0.717) is 4.60 Å². The van der Waals surface area contributed by atoms with E-state index < -0.39 is 0 Å². The van der Waals surface area contributed by atoms with Crippen molar-refractivity contribution >= 4 is 26.8 Å². The van der Waals surface area contributed by atoms with E-state index in [-0.39, 0.29) is 6.04 Å². The van der Waals surface area contributed by atoms with Crippen molar-refractivity contribution in [2.75, 3.05) is 0 Å². The molecule has 1 aromatic carbocycles. The van der Waals surface area contributed by atoms with Gasteiger partial charge in [-0.3, -0.25) is 10.8 Å². The fourth-order valence-corrected chi connectivity index (χ4v) is 2.89. The van der Waals surface area contributed by atoms with Crippen molar-refractivity contribution in [3.63, 3.8) is 0 Å². The van der Waals surface area contributed by atoms with E-state index in [9.17, 15) is 0 Å². The summed E-state index contributed by atoms with van der Waals surface area (Å²) in [6.45, 7) is 0. The Hall–Kier alpha value is -1.83. The van der Waals surface area contributed by atoms with E-state index >= 15 is 0 Å². The highest BCUT2D eigenvalue weighted by molar-refractivity contribution is 9.10. The summed E-state index contributed by atoms with van der Waals surface area (Å²) < 4.78 is 2.37. The molecule has 3 aromatic rings. The zero-order valence-electron chi connectivity index (χ0n) is 10.8. The molecular weight excluding hydrogens is 320 g/mol. The van der Waals surface area contributed by atoms with Crippen LogP contribution in [0.1, 0.15) is 17.3 Å². The summed E-state index contributed by atoms with van der Waals surface area (Å²) >= 11 is 3.41. The fraction of sp³-hybridized carbons (Fsp3) is 0.154. The molecule has 3 rings (SSSR count). The molecule has 0 spiro atoms. The lowest BCUT2D eigenvalue weighted by Gasteiger charge is -2.18. The van der Waals surface area contributed by atoms with E-state index in [2.05, 4.69) is 36.7 Å². The van der Waals surface area contributed by atoms with E-state index in [4.69, 9.17) is 5.84 Å². The topological polar surface area (TPSA) is 81.7 Å². The molecule has 2 heterocycles. The largest absolute Gasteiger partial charge is 0.271 e. The van der Waals surface area contributed by atoms with Crippen LogP contribution in [0.2, 0.25) is 0 Å². The van der Waals surface area contributed by atoms with Gasteiger partial charge in [-0.1, -0.05) is 23.4 Å². The van der Waals surface area contributed by atoms with Crippen molar-refractivity contribution in [2.45, 2.75) is 6.04 Å². The number of hydrazine groups is 1. The quantitative estimate of drug-likeness (QED) is 0.563. The van der Waals surface area contributed by atoms with E-state index in [1.54, 1.807) is 10.9 Å². The molecule has 7 heteroatoms. The number of benzene rings is 1. The summed E-state index contributed by atoms with van der Waals surface area (Å²) in [5.74, 6) is 5.76. The van der Waals surface area contributed by atoms with Crippen molar-refractivity contribution in [1.82, 2.24) is 25.4 Å². The van der Waals surface area contributed by atoms with Gasteiger partial charge in [-0.05, 0) is 33.6 Å². The van der Waals surface area contributed by atoms with Crippen LogP contribution < -0.4 is 11.3 Å². The van der Waals surface area contributed by atoms with Crippen LogP contribution in [0.3, 0.4) is 0 Å². The van der Waals surface area contributed by atoms with Gasteiger partial charge in [0.25, 0.3) is 0 Å². The molecule has 0 fully saturated rings. The Bertz CT molecular complexity index is 729. The maximum Gasteiger partial charge on any atom is 0.153 e. The Balaban J connectivity index is 2.22. The Morgan fingerprint density at radius 3 is 2.80 bits per heavy atom. The monoisotopic (exact) mass is 332 g/mol. The number of nitrogens with zero attached hydrogens (tertiary/aromatic N) is 4. The number of nitrogens with two attached hydrogens (primary N) is 1. The number of fused-ring (bicyclic) bond motifs is 1. The third-order valence-corrected chi connectivity index (χ3v) is 3.83. The second-order valence-electron chi connectivity index (χ2n) is 4.41. The average molecular weight is 333 g/mol. The van der Waals surface area contributed by atoms with Crippen molar-refractivity contribution in [3.8, 4) is 0 Å². The molecule has 102 valence electrons. The number of halogens is 1. The highest BCUT2D eigenvalue weighted by Gasteiger charge is 2.22. The average Bonchev–Trinajstić information content (AvgIpc) is 2.81. The van der Waals surface area contributed by atoms with E-state index in [1.807, 2.05) is 37.4 Å². The molecule has 1 atom stereocenters. The van der Waals surface area contributed by atoms with Crippen LogP contribution in [0.15, 0.2) is 41.1 Å². The van der Waals surface area contributed by atoms with Crippen molar-refractivity contribution in [1.29, 1.82) is 0 Å². The SMILES string of the molecule is Cn1nnc(Br)c1C(NN)c1ccnc2ccccc12.